The number of oxime groups is 1. The fourth-order valence-corrected chi connectivity index (χ4v) is 3.49. The second kappa shape index (κ2) is 8.82. The van der Waals surface area contributed by atoms with Crippen LogP contribution in [0, 0.1) is 6.92 Å². The number of rotatable bonds is 6. The molecule has 0 aliphatic carbocycles. The summed E-state index contributed by atoms with van der Waals surface area (Å²) in [7, 11) is 0. The SMILES string of the molecule is CC(=NOc1nc(N)c(C(=O)OC(C)C)c(N)n1)c1sc(-c2cccnc2)nc1C. The normalized spacial score (nSPS) is 11.6. The Morgan fingerprint density at radius 2 is 1.90 bits per heavy atom. The van der Waals surface area contributed by atoms with E-state index in [2.05, 4.69) is 25.1 Å². The quantitative estimate of drug-likeness (QED) is 0.343. The summed E-state index contributed by atoms with van der Waals surface area (Å²) in [5, 5.41) is 4.88. The van der Waals surface area contributed by atoms with Gasteiger partial charge in [0.05, 0.1) is 22.4 Å². The lowest BCUT2D eigenvalue weighted by Gasteiger charge is -2.11. The Bertz CT molecular complexity index is 1070. The van der Waals surface area contributed by atoms with Gasteiger partial charge >= 0.3 is 12.0 Å². The number of hydrogen-bond acceptors (Lipinski definition) is 11. The fraction of sp³-hybridized carbons (Fsp3) is 0.263. The second-order valence-corrected chi connectivity index (χ2v) is 7.55. The molecule has 0 aromatic carbocycles. The highest BCUT2D eigenvalue weighted by molar-refractivity contribution is 7.17. The number of nitrogens with two attached hydrogens (primary N) is 2. The Morgan fingerprint density at radius 3 is 2.50 bits per heavy atom. The van der Waals surface area contributed by atoms with Crippen LogP contribution in [0.25, 0.3) is 10.6 Å². The van der Waals surface area contributed by atoms with Crippen molar-refractivity contribution < 1.29 is 14.4 Å². The molecule has 0 fully saturated rings. The average Bonchev–Trinajstić information content (AvgIpc) is 3.07. The number of nitrogen functional groups attached to an aromatic ring is 2. The highest BCUT2D eigenvalue weighted by Gasteiger charge is 2.21. The largest absolute Gasteiger partial charge is 0.459 e. The molecular formula is C19H21N7O3S. The maximum Gasteiger partial charge on any atom is 0.349 e. The first kappa shape index (κ1) is 21.1. The second-order valence-electron chi connectivity index (χ2n) is 6.55. The Hall–Kier alpha value is -3.60. The maximum absolute atomic E-state index is 12.1. The lowest BCUT2D eigenvalue weighted by atomic mass is 10.3. The zero-order valence-electron chi connectivity index (χ0n) is 16.9. The minimum Gasteiger partial charge on any atom is -0.459 e. The van der Waals surface area contributed by atoms with Crippen molar-refractivity contribution in [2.75, 3.05) is 11.5 Å². The smallest absolute Gasteiger partial charge is 0.349 e. The number of thiazole rings is 1. The van der Waals surface area contributed by atoms with E-state index in [1.165, 1.54) is 11.3 Å². The number of carbonyl (C=O) groups excluding carboxylic acids is 1. The Morgan fingerprint density at radius 1 is 1.20 bits per heavy atom. The first-order valence-corrected chi connectivity index (χ1v) is 9.81. The average molecular weight is 427 g/mol. The van der Waals surface area contributed by atoms with Crippen molar-refractivity contribution >= 4 is 34.7 Å². The molecule has 10 nitrogen and oxygen atoms in total. The molecule has 0 aliphatic heterocycles. The summed E-state index contributed by atoms with van der Waals surface area (Å²) in [6.45, 7) is 7.07. The molecule has 11 heteroatoms. The lowest BCUT2D eigenvalue weighted by Crippen LogP contribution is -2.17. The first-order chi connectivity index (χ1) is 14.3. The van der Waals surface area contributed by atoms with E-state index in [9.17, 15) is 4.79 Å². The van der Waals surface area contributed by atoms with Crippen LogP contribution in [-0.4, -0.2) is 37.7 Å². The third-order valence-electron chi connectivity index (χ3n) is 3.79. The minimum atomic E-state index is -0.700. The molecule has 0 saturated heterocycles. The van der Waals surface area contributed by atoms with E-state index in [1.54, 1.807) is 33.2 Å². The Kier molecular flexibility index (Phi) is 6.21. The predicted octanol–water partition coefficient (Wildman–Crippen LogP) is 2.84. The molecule has 0 amide bonds. The fourth-order valence-electron chi connectivity index (χ4n) is 2.49. The van der Waals surface area contributed by atoms with E-state index in [-0.39, 0.29) is 29.3 Å². The summed E-state index contributed by atoms with van der Waals surface area (Å²) in [6, 6.07) is 3.60. The highest BCUT2D eigenvalue weighted by atomic mass is 32.1. The number of pyridine rings is 1. The van der Waals surface area contributed by atoms with Crippen molar-refractivity contribution in [3.63, 3.8) is 0 Å². The maximum atomic E-state index is 12.1. The van der Waals surface area contributed by atoms with Gasteiger partial charge in [-0.25, -0.2) is 9.78 Å². The molecule has 3 aromatic heterocycles. The van der Waals surface area contributed by atoms with Crippen molar-refractivity contribution in [3.05, 3.63) is 40.7 Å². The molecule has 0 saturated carbocycles. The summed E-state index contributed by atoms with van der Waals surface area (Å²) in [6.07, 6.45) is 3.12. The molecule has 156 valence electrons. The van der Waals surface area contributed by atoms with Crippen LogP contribution in [0.4, 0.5) is 11.6 Å². The summed E-state index contributed by atoms with van der Waals surface area (Å²) >= 11 is 1.46. The van der Waals surface area contributed by atoms with Crippen LogP contribution < -0.4 is 16.3 Å². The van der Waals surface area contributed by atoms with Gasteiger partial charge in [0.15, 0.2) is 0 Å². The molecule has 3 heterocycles. The van der Waals surface area contributed by atoms with Crippen LogP contribution in [0.3, 0.4) is 0 Å². The number of anilines is 2. The van der Waals surface area contributed by atoms with Gasteiger partial charge in [0.2, 0.25) is 0 Å². The van der Waals surface area contributed by atoms with Gasteiger partial charge in [0, 0.05) is 18.0 Å². The van der Waals surface area contributed by atoms with Crippen LogP contribution >= 0.6 is 11.3 Å². The van der Waals surface area contributed by atoms with E-state index < -0.39 is 5.97 Å². The molecule has 0 spiro atoms. The van der Waals surface area contributed by atoms with E-state index in [4.69, 9.17) is 21.0 Å². The Labute approximate surface area is 177 Å². The van der Waals surface area contributed by atoms with Gasteiger partial charge in [-0.15, -0.1) is 11.3 Å². The standard InChI is InChI=1S/C19H21N7O3S/c1-9(2)28-18(27)13-15(20)24-19(25-16(13)21)29-26-11(4)14-10(3)23-17(30-14)12-6-5-7-22-8-12/h5-9H,1-4H3,(H4,20,21,24,25). The molecule has 3 rings (SSSR count). The predicted molar refractivity (Wildman–Crippen MR) is 114 cm³/mol. The van der Waals surface area contributed by atoms with Crippen LogP contribution in [0.15, 0.2) is 29.7 Å². The van der Waals surface area contributed by atoms with Gasteiger partial charge in [-0.1, -0.05) is 5.16 Å². The zero-order chi connectivity index (χ0) is 21.8. The number of esters is 1. The van der Waals surface area contributed by atoms with Gasteiger partial charge in [-0.2, -0.15) is 9.97 Å². The van der Waals surface area contributed by atoms with Gasteiger partial charge in [-0.05, 0) is 39.8 Å². The van der Waals surface area contributed by atoms with E-state index in [0.29, 0.717) is 5.71 Å². The van der Waals surface area contributed by atoms with E-state index in [1.807, 2.05) is 19.1 Å². The summed E-state index contributed by atoms with van der Waals surface area (Å²) in [5.74, 6) is -0.998. The summed E-state index contributed by atoms with van der Waals surface area (Å²) in [5.41, 5.74) is 13.9. The van der Waals surface area contributed by atoms with Crippen LogP contribution in [0.5, 0.6) is 6.01 Å². The highest BCUT2D eigenvalue weighted by Crippen LogP contribution is 2.28. The lowest BCUT2D eigenvalue weighted by molar-refractivity contribution is 0.0379. The van der Waals surface area contributed by atoms with Crippen LogP contribution in [0.2, 0.25) is 0 Å². The molecule has 30 heavy (non-hydrogen) atoms. The topological polar surface area (TPSA) is 151 Å². The molecule has 0 bridgehead atoms. The third-order valence-corrected chi connectivity index (χ3v) is 5.10. The molecule has 3 aromatic rings. The van der Waals surface area contributed by atoms with Crippen LogP contribution in [-0.2, 0) is 4.74 Å². The molecular weight excluding hydrogens is 406 g/mol. The first-order valence-electron chi connectivity index (χ1n) is 9.00. The molecule has 0 unspecified atom stereocenters. The molecule has 0 atom stereocenters. The van der Waals surface area contributed by atoms with Crippen molar-refractivity contribution in [1.29, 1.82) is 0 Å². The molecule has 0 aliphatic rings. The third kappa shape index (κ3) is 4.69. The van der Waals surface area contributed by atoms with E-state index in [0.717, 1.165) is 21.1 Å². The van der Waals surface area contributed by atoms with Gasteiger partial charge in [0.25, 0.3) is 0 Å². The van der Waals surface area contributed by atoms with Gasteiger partial charge in [0.1, 0.15) is 22.2 Å². The van der Waals surface area contributed by atoms with Gasteiger partial charge < -0.3 is 21.0 Å². The molecule has 4 N–H and O–H groups in total. The molecule has 0 radical (unpaired) electrons. The summed E-state index contributed by atoms with van der Waals surface area (Å²) < 4.78 is 5.09. The minimum absolute atomic E-state index is 0.101. The number of ether oxygens (including phenoxy) is 1. The Balaban J connectivity index is 1.81. The van der Waals surface area contributed by atoms with Crippen molar-refractivity contribution in [2.24, 2.45) is 5.16 Å². The van der Waals surface area contributed by atoms with E-state index >= 15 is 0 Å². The van der Waals surface area contributed by atoms with Crippen molar-refractivity contribution in [3.8, 4) is 16.6 Å². The number of hydrogen-bond donors (Lipinski definition) is 2. The summed E-state index contributed by atoms with van der Waals surface area (Å²) in [4.78, 5) is 34.8. The number of nitrogens with zero attached hydrogens (tertiary/aromatic N) is 5. The monoisotopic (exact) mass is 427 g/mol. The number of carbonyl (C=O) groups is 1. The van der Waals surface area contributed by atoms with Crippen molar-refractivity contribution in [2.45, 2.75) is 33.8 Å². The van der Waals surface area contributed by atoms with Crippen LogP contribution in [0.1, 0.15) is 41.7 Å². The number of aromatic nitrogens is 4. The zero-order valence-corrected chi connectivity index (χ0v) is 17.7. The number of aryl methyl sites for hydroxylation is 1. The van der Waals surface area contributed by atoms with Gasteiger partial charge in [-0.3, -0.25) is 4.98 Å². The van der Waals surface area contributed by atoms with Crippen molar-refractivity contribution in [1.82, 2.24) is 19.9 Å².